The Morgan fingerprint density at radius 1 is 1.32 bits per heavy atom. The summed E-state index contributed by atoms with van der Waals surface area (Å²) in [5.41, 5.74) is 0.379. The standard InChI is InChI=1S/C14H18N2O2S/c15-11-12-4-3-7-14(10-12)19(17,18)9-8-16-13-5-1-2-6-13/h3-4,7,10,13,16H,1-2,5-6,8-9H2. The lowest BCUT2D eigenvalue weighted by molar-refractivity contribution is 0.536. The van der Waals surface area contributed by atoms with Gasteiger partial charge in [0.15, 0.2) is 9.84 Å². The molecule has 102 valence electrons. The number of nitrogens with zero attached hydrogens (tertiary/aromatic N) is 1. The molecule has 4 nitrogen and oxygen atoms in total. The van der Waals surface area contributed by atoms with Gasteiger partial charge in [0, 0.05) is 12.6 Å². The summed E-state index contributed by atoms with van der Waals surface area (Å²) in [5, 5.41) is 12.1. The molecule has 1 N–H and O–H groups in total. The minimum absolute atomic E-state index is 0.0817. The number of nitrogens with one attached hydrogen (secondary N) is 1. The summed E-state index contributed by atoms with van der Waals surface area (Å²) in [6, 6.07) is 8.63. The number of sulfone groups is 1. The highest BCUT2D eigenvalue weighted by Gasteiger charge is 2.17. The Kier molecular flexibility index (Phi) is 4.56. The fraction of sp³-hybridized carbons (Fsp3) is 0.500. The van der Waals surface area contributed by atoms with Gasteiger partial charge in [-0.1, -0.05) is 18.9 Å². The van der Waals surface area contributed by atoms with Crippen molar-refractivity contribution < 1.29 is 8.42 Å². The molecular formula is C14H18N2O2S. The Bertz CT molecular complexity index is 569. The molecular weight excluding hydrogens is 260 g/mol. The van der Waals surface area contributed by atoms with Crippen LogP contribution in [0, 0.1) is 11.3 Å². The van der Waals surface area contributed by atoms with E-state index in [9.17, 15) is 8.42 Å². The number of hydrogen-bond donors (Lipinski definition) is 1. The third kappa shape index (κ3) is 3.79. The molecule has 0 atom stereocenters. The monoisotopic (exact) mass is 278 g/mol. The Morgan fingerprint density at radius 2 is 2.05 bits per heavy atom. The average Bonchev–Trinajstić information content (AvgIpc) is 2.92. The van der Waals surface area contributed by atoms with Crippen LogP contribution in [0.4, 0.5) is 0 Å². The fourth-order valence-electron chi connectivity index (χ4n) is 2.40. The first-order chi connectivity index (χ1) is 9.12. The second-order valence-electron chi connectivity index (χ2n) is 4.89. The van der Waals surface area contributed by atoms with Crippen LogP contribution in [0.3, 0.4) is 0 Å². The lowest BCUT2D eigenvalue weighted by atomic mass is 10.2. The lowest BCUT2D eigenvalue weighted by Crippen LogP contribution is -2.31. The van der Waals surface area contributed by atoms with Gasteiger partial charge < -0.3 is 5.32 Å². The molecule has 0 heterocycles. The topological polar surface area (TPSA) is 70.0 Å². The van der Waals surface area contributed by atoms with E-state index in [1.54, 1.807) is 18.2 Å². The molecule has 1 fully saturated rings. The van der Waals surface area contributed by atoms with Gasteiger partial charge in [0.2, 0.25) is 0 Å². The summed E-state index contributed by atoms with van der Waals surface area (Å²) >= 11 is 0. The highest BCUT2D eigenvalue weighted by Crippen LogP contribution is 2.18. The van der Waals surface area contributed by atoms with Crippen molar-refractivity contribution in [3.8, 4) is 6.07 Å². The van der Waals surface area contributed by atoms with Crippen molar-refractivity contribution in [2.45, 2.75) is 36.6 Å². The maximum Gasteiger partial charge on any atom is 0.179 e. The largest absolute Gasteiger partial charge is 0.313 e. The third-order valence-electron chi connectivity index (χ3n) is 3.48. The molecule has 1 aliphatic carbocycles. The van der Waals surface area contributed by atoms with Crippen LogP contribution >= 0.6 is 0 Å². The molecule has 0 bridgehead atoms. The maximum absolute atomic E-state index is 12.1. The molecule has 5 heteroatoms. The van der Waals surface area contributed by atoms with Gasteiger partial charge in [0.1, 0.15) is 0 Å². The van der Waals surface area contributed by atoms with Gasteiger partial charge in [-0.25, -0.2) is 8.42 Å². The Balaban J connectivity index is 1.95. The number of benzene rings is 1. The predicted molar refractivity (Wildman–Crippen MR) is 73.5 cm³/mol. The van der Waals surface area contributed by atoms with E-state index in [0.717, 1.165) is 12.8 Å². The molecule has 0 aliphatic heterocycles. The van der Waals surface area contributed by atoms with Crippen molar-refractivity contribution in [2.24, 2.45) is 0 Å². The zero-order chi connectivity index (χ0) is 13.7. The highest BCUT2D eigenvalue weighted by molar-refractivity contribution is 7.91. The Hall–Kier alpha value is -1.38. The summed E-state index contributed by atoms with van der Waals surface area (Å²) < 4.78 is 24.2. The summed E-state index contributed by atoms with van der Waals surface area (Å²) in [6.07, 6.45) is 4.75. The van der Waals surface area contributed by atoms with Crippen LogP contribution in [0.1, 0.15) is 31.2 Å². The first-order valence-corrected chi connectivity index (χ1v) is 8.23. The van der Waals surface area contributed by atoms with Crippen LogP contribution in [0.15, 0.2) is 29.2 Å². The molecule has 0 unspecified atom stereocenters. The number of rotatable bonds is 5. The first kappa shape index (κ1) is 14.0. The van der Waals surface area contributed by atoms with E-state index >= 15 is 0 Å². The molecule has 0 amide bonds. The smallest absolute Gasteiger partial charge is 0.179 e. The van der Waals surface area contributed by atoms with E-state index in [2.05, 4.69) is 5.32 Å². The average molecular weight is 278 g/mol. The van der Waals surface area contributed by atoms with Crippen LogP contribution in [-0.4, -0.2) is 26.8 Å². The van der Waals surface area contributed by atoms with Crippen LogP contribution in [0.5, 0.6) is 0 Å². The Morgan fingerprint density at radius 3 is 2.74 bits per heavy atom. The molecule has 1 aromatic rings. The quantitative estimate of drug-likeness (QED) is 0.892. The van der Waals surface area contributed by atoms with Gasteiger partial charge in [-0.3, -0.25) is 0 Å². The first-order valence-electron chi connectivity index (χ1n) is 6.58. The van der Waals surface area contributed by atoms with Crippen molar-refractivity contribution in [1.29, 1.82) is 5.26 Å². The zero-order valence-corrected chi connectivity index (χ0v) is 11.6. The second kappa shape index (κ2) is 6.18. The van der Waals surface area contributed by atoms with E-state index in [-0.39, 0.29) is 10.6 Å². The summed E-state index contributed by atoms with van der Waals surface area (Å²) in [6.45, 7) is 0.476. The van der Waals surface area contributed by atoms with Gasteiger partial charge in [0.05, 0.1) is 22.3 Å². The molecule has 1 aliphatic rings. The molecule has 0 saturated heterocycles. The highest BCUT2D eigenvalue weighted by atomic mass is 32.2. The van der Waals surface area contributed by atoms with E-state index in [4.69, 9.17) is 5.26 Å². The maximum atomic E-state index is 12.1. The van der Waals surface area contributed by atoms with Crippen molar-refractivity contribution in [3.05, 3.63) is 29.8 Å². The molecule has 19 heavy (non-hydrogen) atoms. The van der Waals surface area contributed by atoms with Crippen molar-refractivity contribution in [2.75, 3.05) is 12.3 Å². The van der Waals surface area contributed by atoms with Crippen molar-refractivity contribution >= 4 is 9.84 Å². The summed E-state index contributed by atoms with van der Waals surface area (Å²) in [4.78, 5) is 0.236. The van der Waals surface area contributed by atoms with E-state index < -0.39 is 9.84 Å². The van der Waals surface area contributed by atoms with Gasteiger partial charge in [-0.05, 0) is 31.0 Å². The van der Waals surface area contributed by atoms with Gasteiger partial charge in [-0.2, -0.15) is 5.26 Å². The molecule has 1 aromatic carbocycles. The van der Waals surface area contributed by atoms with Crippen LogP contribution in [-0.2, 0) is 9.84 Å². The van der Waals surface area contributed by atoms with Gasteiger partial charge >= 0.3 is 0 Å². The lowest BCUT2D eigenvalue weighted by Gasteiger charge is -2.11. The molecule has 1 saturated carbocycles. The van der Waals surface area contributed by atoms with E-state index in [1.807, 2.05) is 6.07 Å². The molecule has 2 rings (SSSR count). The molecule has 0 spiro atoms. The normalized spacial score (nSPS) is 16.4. The Labute approximate surface area is 114 Å². The summed E-state index contributed by atoms with van der Waals surface area (Å²) in [7, 11) is -3.30. The molecule has 0 aromatic heterocycles. The van der Waals surface area contributed by atoms with E-state index in [1.165, 1.54) is 18.9 Å². The minimum atomic E-state index is -3.30. The van der Waals surface area contributed by atoms with Gasteiger partial charge in [-0.15, -0.1) is 0 Å². The predicted octanol–water partition coefficient (Wildman–Crippen LogP) is 1.86. The minimum Gasteiger partial charge on any atom is -0.313 e. The third-order valence-corrected chi connectivity index (χ3v) is 5.19. The van der Waals surface area contributed by atoms with Crippen LogP contribution in [0.25, 0.3) is 0 Å². The SMILES string of the molecule is N#Cc1cccc(S(=O)(=O)CCNC2CCCC2)c1. The number of nitriles is 1. The van der Waals surface area contributed by atoms with Crippen LogP contribution in [0.2, 0.25) is 0 Å². The van der Waals surface area contributed by atoms with Crippen LogP contribution < -0.4 is 5.32 Å². The zero-order valence-electron chi connectivity index (χ0n) is 10.8. The van der Waals surface area contributed by atoms with Gasteiger partial charge in [0.25, 0.3) is 0 Å². The fourth-order valence-corrected chi connectivity index (χ4v) is 3.62. The van der Waals surface area contributed by atoms with E-state index in [0.29, 0.717) is 18.2 Å². The number of hydrogen-bond acceptors (Lipinski definition) is 4. The van der Waals surface area contributed by atoms with Crippen molar-refractivity contribution in [1.82, 2.24) is 5.32 Å². The van der Waals surface area contributed by atoms with Crippen molar-refractivity contribution in [3.63, 3.8) is 0 Å². The second-order valence-corrected chi connectivity index (χ2v) is 7.00. The summed E-state index contributed by atoms with van der Waals surface area (Å²) in [5.74, 6) is 0.0817. The molecule has 0 radical (unpaired) electrons.